The molecule has 23 heavy (non-hydrogen) atoms. The van der Waals surface area contributed by atoms with Gasteiger partial charge >= 0.3 is 0 Å². The minimum atomic E-state index is -0.432. The number of carbonyl (C=O) groups excluding carboxylic acids is 2. The van der Waals surface area contributed by atoms with E-state index < -0.39 is 5.54 Å². The fourth-order valence-electron chi connectivity index (χ4n) is 4.63. The predicted octanol–water partition coefficient (Wildman–Crippen LogP) is 0.226. The van der Waals surface area contributed by atoms with E-state index in [4.69, 9.17) is 5.73 Å². The lowest BCUT2D eigenvalue weighted by atomic mass is 9.87. The Morgan fingerprint density at radius 1 is 1.35 bits per heavy atom. The Bertz CT molecular complexity index is 479. The summed E-state index contributed by atoms with van der Waals surface area (Å²) in [5, 5.41) is 0. The number of fused-ring (bicyclic) bond motifs is 2. The van der Waals surface area contributed by atoms with Gasteiger partial charge in [-0.15, -0.1) is 0 Å². The molecule has 0 spiro atoms. The third-order valence-electron chi connectivity index (χ3n) is 6.21. The zero-order valence-electron chi connectivity index (χ0n) is 14.3. The number of primary amides is 1. The van der Waals surface area contributed by atoms with Crippen LogP contribution in [0.25, 0.3) is 0 Å². The van der Waals surface area contributed by atoms with E-state index in [0.29, 0.717) is 12.1 Å². The molecule has 3 rings (SSSR count). The molecule has 0 aromatic rings. The van der Waals surface area contributed by atoms with Crippen molar-refractivity contribution in [3.05, 3.63) is 6.42 Å². The second-order valence-electron chi connectivity index (χ2n) is 7.38. The van der Waals surface area contributed by atoms with Crippen LogP contribution >= 0.6 is 0 Å². The average Bonchev–Trinajstić information content (AvgIpc) is 3.05. The number of rotatable bonds is 5. The van der Waals surface area contributed by atoms with Gasteiger partial charge in [0.1, 0.15) is 5.54 Å². The molecule has 1 radical (unpaired) electrons. The summed E-state index contributed by atoms with van der Waals surface area (Å²) in [4.78, 5) is 30.2. The second kappa shape index (κ2) is 6.40. The summed E-state index contributed by atoms with van der Waals surface area (Å²) in [5.41, 5.74) is 5.32. The molecule has 3 heterocycles. The first-order valence-corrected chi connectivity index (χ1v) is 8.78. The van der Waals surface area contributed by atoms with E-state index in [1.54, 1.807) is 6.92 Å². The molecule has 2 amide bonds. The SMILES string of the molecule is CC(=O)N(C)C1CCN(CCN2[C@@H]3C[CH]C[C@@]2(C(N)=O)CC3)C1. The van der Waals surface area contributed by atoms with Crippen molar-refractivity contribution in [2.75, 3.05) is 33.2 Å². The summed E-state index contributed by atoms with van der Waals surface area (Å²) in [6.45, 7) is 5.44. The molecule has 3 fully saturated rings. The highest BCUT2D eigenvalue weighted by atomic mass is 16.2. The van der Waals surface area contributed by atoms with Gasteiger partial charge in [-0.2, -0.15) is 0 Å². The number of nitrogens with two attached hydrogens (primary N) is 1. The average molecular weight is 321 g/mol. The van der Waals surface area contributed by atoms with Gasteiger partial charge in [0.25, 0.3) is 0 Å². The molecule has 2 N–H and O–H groups in total. The molecule has 0 aromatic carbocycles. The molecule has 3 aliphatic heterocycles. The van der Waals surface area contributed by atoms with Crippen LogP contribution in [-0.2, 0) is 9.59 Å². The van der Waals surface area contributed by atoms with E-state index in [1.165, 1.54) is 0 Å². The lowest BCUT2D eigenvalue weighted by Gasteiger charge is -2.43. The Hall–Kier alpha value is -1.14. The van der Waals surface area contributed by atoms with Crippen LogP contribution in [0.1, 0.15) is 39.0 Å². The summed E-state index contributed by atoms with van der Waals surface area (Å²) in [6, 6.07) is 0.804. The number of amides is 2. The van der Waals surface area contributed by atoms with E-state index in [-0.39, 0.29) is 11.8 Å². The third kappa shape index (κ3) is 2.98. The molecule has 3 atom stereocenters. The summed E-state index contributed by atoms with van der Waals surface area (Å²) >= 11 is 0. The number of piperidine rings is 1. The zero-order valence-corrected chi connectivity index (χ0v) is 14.3. The molecule has 3 saturated heterocycles. The van der Waals surface area contributed by atoms with Crippen LogP contribution in [0, 0.1) is 6.42 Å². The lowest BCUT2D eigenvalue weighted by molar-refractivity contribution is -0.131. The number of hydrogen-bond acceptors (Lipinski definition) is 4. The van der Waals surface area contributed by atoms with Crippen molar-refractivity contribution in [2.24, 2.45) is 5.73 Å². The molecule has 6 heteroatoms. The van der Waals surface area contributed by atoms with Gasteiger partial charge in [-0.3, -0.25) is 19.4 Å². The highest BCUT2D eigenvalue weighted by molar-refractivity contribution is 5.85. The Morgan fingerprint density at radius 3 is 2.83 bits per heavy atom. The standard InChI is InChI=1S/C17H29N4O2/c1-13(22)19(2)15-6-9-20(12-15)10-11-21-14-4-3-7-17(21,8-5-14)16(18)23/h3,14-15H,4-12H2,1-2H3,(H2,18,23)/t14-,15?,17+/m1/s1. The smallest absolute Gasteiger partial charge is 0.237 e. The molecule has 0 aliphatic carbocycles. The summed E-state index contributed by atoms with van der Waals surface area (Å²) in [7, 11) is 1.89. The minimum Gasteiger partial charge on any atom is -0.368 e. The van der Waals surface area contributed by atoms with Crippen molar-refractivity contribution < 1.29 is 9.59 Å². The van der Waals surface area contributed by atoms with Gasteiger partial charge in [0.15, 0.2) is 0 Å². The molecule has 3 aliphatic rings. The molecular weight excluding hydrogens is 292 g/mol. The van der Waals surface area contributed by atoms with Crippen molar-refractivity contribution in [1.29, 1.82) is 0 Å². The molecule has 2 bridgehead atoms. The van der Waals surface area contributed by atoms with Gasteiger partial charge < -0.3 is 10.6 Å². The van der Waals surface area contributed by atoms with Crippen LogP contribution in [-0.4, -0.2) is 77.4 Å². The Balaban J connectivity index is 1.56. The largest absolute Gasteiger partial charge is 0.368 e. The summed E-state index contributed by atoms with van der Waals surface area (Å²) < 4.78 is 0. The topological polar surface area (TPSA) is 69.9 Å². The summed E-state index contributed by atoms with van der Waals surface area (Å²) in [6.07, 6.45) is 7.13. The van der Waals surface area contributed by atoms with E-state index in [9.17, 15) is 9.59 Å². The van der Waals surface area contributed by atoms with Gasteiger partial charge in [-0.05, 0) is 38.5 Å². The monoisotopic (exact) mass is 321 g/mol. The quantitative estimate of drug-likeness (QED) is 0.787. The van der Waals surface area contributed by atoms with Gasteiger partial charge in [-0.25, -0.2) is 0 Å². The number of likely N-dealkylation sites (tertiary alicyclic amines) is 1. The minimum absolute atomic E-state index is 0.133. The van der Waals surface area contributed by atoms with Crippen molar-refractivity contribution in [3.63, 3.8) is 0 Å². The number of carbonyl (C=O) groups is 2. The van der Waals surface area contributed by atoms with Gasteiger partial charge in [0.05, 0.1) is 0 Å². The van der Waals surface area contributed by atoms with Crippen LogP contribution in [0.2, 0.25) is 0 Å². The second-order valence-corrected chi connectivity index (χ2v) is 7.38. The first-order valence-electron chi connectivity index (χ1n) is 8.78. The van der Waals surface area contributed by atoms with E-state index >= 15 is 0 Å². The first kappa shape index (κ1) is 16.7. The molecule has 0 aromatic heterocycles. The molecular formula is C17H29N4O2. The maximum Gasteiger partial charge on any atom is 0.237 e. The lowest BCUT2D eigenvalue weighted by Crippen LogP contribution is -2.59. The number of nitrogens with zero attached hydrogens (tertiary/aromatic N) is 3. The highest BCUT2D eigenvalue weighted by Gasteiger charge is 2.52. The van der Waals surface area contributed by atoms with E-state index in [1.807, 2.05) is 11.9 Å². The normalized spacial score (nSPS) is 34.7. The Morgan fingerprint density at radius 2 is 2.13 bits per heavy atom. The maximum absolute atomic E-state index is 12.1. The number of hydrogen-bond donors (Lipinski definition) is 1. The van der Waals surface area contributed by atoms with E-state index in [0.717, 1.165) is 58.3 Å². The van der Waals surface area contributed by atoms with Crippen LogP contribution in [0.4, 0.5) is 0 Å². The van der Waals surface area contributed by atoms with Crippen molar-refractivity contribution >= 4 is 11.8 Å². The fourth-order valence-corrected chi connectivity index (χ4v) is 4.63. The van der Waals surface area contributed by atoms with Gasteiger partial charge in [-0.1, -0.05) is 0 Å². The molecule has 1 unspecified atom stereocenters. The van der Waals surface area contributed by atoms with Crippen molar-refractivity contribution in [3.8, 4) is 0 Å². The Labute approximate surface area is 139 Å². The van der Waals surface area contributed by atoms with Gasteiger partial charge in [0, 0.05) is 52.2 Å². The predicted molar refractivity (Wildman–Crippen MR) is 88.5 cm³/mol. The van der Waals surface area contributed by atoms with E-state index in [2.05, 4.69) is 16.2 Å². The van der Waals surface area contributed by atoms with Crippen molar-refractivity contribution in [2.45, 2.75) is 56.7 Å². The van der Waals surface area contributed by atoms with Crippen LogP contribution in [0.15, 0.2) is 0 Å². The van der Waals surface area contributed by atoms with Crippen molar-refractivity contribution in [1.82, 2.24) is 14.7 Å². The first-order chi connectivity index (χ1) is 10.9. The molecule has 0 saturated carbocycles. The zero-order chi connectivity index (χ0) is 16.6. The molecule has 6 nitrogen and oxygen atoms in total. The van der Waals surface area contributed by atoms with Crippen LogP contribution in [0.3, 0.4) is 0 Å². The molecule has 129 valence electrons. The fraction of sp³-hybridized carbons (Fsp3) is 0.824. The maximum atomic E-state index is 12.1. The van der Waals surface area contributed by atoms with Crippen LogP contribution in [0.5, 0.6) is 0 Å². The Kier molecular flexibility index (Phi) is 4.65. The van der Waals surface area contributed by atoms with Gasteiger partial charge in [0.2, 0.25) is 11.8 Å². The van der Waals surface area contributed by atoms with Crippen LogP contribution < -0.4 is 5.73 Å². The third-order valence-corrected chi connectivity index (χ3v) is 6.21. The highest BCUT2D eigenvalue weighted by Crippen LogP contribution is 2.43. The summed E-state index contributed by atoms with van der Waals surface area (Å²) in [5.74, 6) is -0.0271. The number of likely N-dealkylation sites (N-methyl/N-ethyl adjacent to an activating group) is 1.